The fourth-order valence-electron chi connectivity index (χ4n) is 3.16. The van der Waals surface area contributed by atoms with Crippen molar-refractivity contribution in [1.82, 2.24) is 0 Å². The van der Waals surface area contributed by atoms with Gasteiger partial charge in [0, 0.05) is 12.1 Å². The average Bonchev–Trinajstić information content (AvgIpc) is 2.81. The number of hydrogen-bond acceptors (Lipinski definition) is 4. The highest BCUT2D eigenvalue weighted by molar-refractivity contribution is 5.01. The van der Waals surface area contributed by atoms with Gasteiger partial charge in [0.15, 0.2) is 0 Å². The molecular formula is C30H52N2O2. The lowest BCUT2D eigenvalue weighted by atomic mass is 10.0. The Morgan fingerprint density at radius 2 is 0.882 bits per heavy atom. The van der Waals surface area contributed by atoms with Crippen LogP contribution in [-0.4, -0.2) is 34.5 Å². The van der Waals surface area contributed by atoms with E-state index in [4.69, 9.17) is 11.5 Å². The van der Waals surface area contributed by atoms with Gasteiger partial charge in [0.25, 0.3) is 0 Å². The second-order valence-corrected chi connectivity index (χ2v) is 9.09. The number of rotatable bonds is 21. The molecule has 0 saturated carbocycles. The maximum atomic E-state index is 9.66. The van der Waals surface area contributed by atoms with Gasteiger partial charge in [-0.15, -0.1) is 0 Å². The summed E-state index contributed by atoms with van der Waals surface area (Å²) in [5, 5.41) is 19.3. The summed E-state index contributed by atoms with van der Waals surface area (Å²) in [6.45, 7) is 3.68. The SMILES string of the molecule is CC(N)C(O)C/C=C\C/C=C\C/C=C\C/C=C\C/C=C\C/C=C\CCCCCCC(O)C(C)N. The van der Waals surface area contributed by atoms with Crippen molar-refractivity contribution in [2.45, 2.75) is 115 Å². The monoisotopic (exact) mass is 472 g/mol. The van der Waals surface area contributed by atoms with Crippen LogP contribution in [0.1, 0.15) is 90.9 Å². The predicted octanol–water partition coefficient (Wildman–Crippen LogP) is 6.42. The van der Waals surface area contributed by atoms with Gasteiger partial charge in [-0.05, 0) is 71.6 Å². The van der Waals surface area contributed by atoms with Crippen molar-refractivity contribution in [2.75, 3.05) is 0 Å². The Kier molecular flexibility index (Phi) is 23.2. The summed E-state index contributed by atoms with van der Waals surface area (Å²) < 4.78 is 0. The largest absolute Gasteiger partial charge is 0.392 e. The minimum Gasteiger partial charge on any atom is -0.392 e. The molecule has 4 nitrogen and oxygen atoms in total. The van der Waals surface area contributed by atoms with E-state index < -0.39 is 6.10 Å². The van der Waals surface area contributed by atoms with Gasteiger partial charge in [-0.2, -0.15) is 0 Å². The van der Waals surface area contributed by atoms with Crippen LogP contribution in [-0.2, 0) is 0 Å². The minimum absolute atomic E-state index is 0.117. The molecule has 0 rings (SSSR count). The first-order valence-electron chi connectivity index (χ1n) is 13.2. The summed E-state index contributed by atoms with van der Waals surface area (Å²) in [5.41, 5.74) is 11.3. The van der Waals surface area contributed by atoms with Crippen LogP contribution < -0.4 is 11.5 Å². The van der Waals surface area contributed by atoms with Crippen LogP contribution in [0.2, 0.25) is 0 Å². The quantitative estimate of drug-likeness (QED) is 0.114. The van der Waals surface area contributed by atoms with E-state index in [1.165, 1.54) is 19.3 Å². The van der Waals surface area contributed by atoms with Crippen molar-refractivity contribution in [2.24, 2.45) is 11.5 Å². The molecular weight excluding hydrogens is 420 g/mol. The Bertz CT molecular complexity index is 615. The van der Waals surface area contributed by atoms with Crippen LogP contribution in [0.15, 0.2) is 72.9 Å². The van der Waals surface area contributed by atoms with Gasteiger partial charge in [-0.3, -0.25) is 0 Å². The first-order valence-corrected chi connectivity index (χ1v) is 13.2. The van der Waals surface area contributed by atoms with E-state index in [1.807, 2.05) is 19.9 Å². The highest BCUT2D eigenvalue weighted by atomic mass is 16.3. The second kappa shape index (κ2) is 24.4. The number of unbranched alkanes of at least 4 members (excludes halogenated alkanes) is 4. The molecule has 0 radical (unpaired) electrons. The Morgan fingerprint density at radius 1 is 0.500 bits per heavy atom. The van der Waals surface area contributed by atoms with Crippen LogP contribution in [0.4, 0.5) is 0 Å². The van der Waals surface area contributed by atoms with E-state index >= 15 is 0 Å². The van der Waals surface area contributed by atoms with Gasteiger partial charge in [0.2, 0.25) is 0 Å². The van der Waals surface area contributed by atoms with Crippen LogP contribution in [0, 0.1) is 0 Å². The van der Waals surface area contributed by atoms with Crippen LogP contribution in [0.25, 0.3) is 0 Å². The Balaban J connectivity index is 3.54. The molecule has 0 aromatic heterocycles. The molecule has 0 aromatic carbocycles. The molecule has 4 heteroatoms. The van der Waals surface area contributed by atoms with Gasteiger partial charge in [-0.1, -0.05) is 92.2 Å². The molecule has 4 atom stereocenters. The number of hydrogen-bond donors (Lipinski definition) is 4. The zero-order chi connectivity index (χ0) is 25.3. The van der Waals surface area contributed by atoms with Crippen molar-refractivity contribution in [3.8, 4) is 0 Å². The first-order chi connectivity index (χ1) is 16.4. The Hall–Kier alpha value is -1.72. The molecule has 0 aliphatic heterocycles. The molecule has 0 fully saturated rings. The topological polar surface area (TPSA) is 92.5 Å². The molecule has 0 spiro atoms. The third-order valence-electron chi connectivity index (χ3n) is 5.57. The van der Waals surface area contributed by atoms with Gasteiger partial charge in [0.05, 0.1) is 12.2 Å². The maximum Gasteiger partial charge on any atom is 0.0722 e. The van der Waals surface area contributed by atoms with E-state index in [2.05, 4.69) is 66.8 Å². The second-order valence-electron chi connectivity index (χ2n) is 9.09. The van der Waals surface area contributed by atoms with E-state index in [0.717, 1.165) is 51.4 Å². The van der Waals surface area contributed by atoms with Crippen LogP contribution >= 0.6 is 0 Å². The van der Waals surface area contributed by atoms with Crippen LogP contribution in [0.5, 0.6) is 0 Å². The van der Waals surface area contributed by atoms with E-state index in [-0.39, 0.29) is 18.2 Å². The van der Waals surface area contributed by atoms with Crippen molar-refractivity contribution >= 4 is 0 Å². The van der Waals surface area contributed by atoms with Crippen LogP contribution in [0.3, 0.4) is 0 Å². The lowest BCUT2D eigenvalue weighted by Gasteiger charge is -2.13. The molecule has 0 amide bonds. The summed E-state index contributed by atoms with van der Waals surface area (Å²) in [7, 11) is 0. The molecule has 0 aliphatic carbocycles. The molecule has 0 saturated heterocycles. The number of aliphatic hydroxyl groups is 2. The number of aliphatic hydroxyl groups excluding tert-OH is 2. The highest BCUT2D eigenvalue weighted by Crippen LogP contribution is 2.09. The Labute approximate surface area is 209 Å². The van der Waals surface area contributed by atoms with Gasteiger partial charge in [-0.25, -0.2) is 0 Å². The zero-order valence-corrected chi connectivity index (χ0v) is 21.8. The molecule has 0 bridgehead atoms. The zero-order valence-electron chi connectivity index (χ0n) is 21.8. The van der Waals surface area contributed by atoms with Gasteiger partial charge in [0.1, 0.15) is 0 Å². The lowest BCUT2D eigenvalue weighted by molar-refractivity contribution is 0.138. The molecule has 6 N–H and O–H groups in total. The molecule has 4 unspecified atom stereocenters. The fourth-order valence-corrected chi connectivity index (χ4v) is 3.16. The Morgan fingerprint density at radius 3 is 1.32 bits per heavy atom. The normalized spacial score (nSPS) is 16.8. The average molecular weight is 473 g/mol. The van der Waals surface area contributed by atoms with Crippen molar-refractivity contribution < 1.29 is 10.2 Å². The molecule has 0 aliphatic rings. The van der Waals surface area contributed by atoms with Crippen molar-refractivity contribution in [3.63, 3.8) is 0 Å². The fraction of sp³-hybridized carbons (Fsp3) is 0.600. The third kappa shape index (κ3) is 23.4. The predicted molar refractivity (Wildman–Crippen MR) is 150 cm³/mol. The summed E-state index contributed by atoms with van der Waals surface area (Å²) in [6, 6.07) is -0.295. The third-order valence-corrected chi connectivity index (χ3v) is 5.57. The van der Waals surface area contributed by atoms with E-state index in [1.54, 1.807) is 0 Å². The number of nitrogens with two attached hydrogens (primary N) is 2. The summed E-state index contributed by atoms with van der Waals surface area (Å²) in [4.78, 5) is 0. The maximum absolute atomic E-state index is 9.66. The smallest absolute Gasteiger partial charge is 0.0722 e. The standard InChI is InChI=1S/C30H52N2O2/c1-27(31)29(33)25-23-21-19-17-15-13-11-9-7-5-3-4-6-8-10-12-14-16-18-20-22-24-26-30(34)28(2)32/h3,5-6,8-9,11-12,14-15,17,21,23,27-30,33-34H,4,7,10,13,16,18-20,22,24-26,31-32H2,1-2H3/b5-3-,8-6-,11-9-,14-12-,17-15-,23-21-. The van der Waals surface area contributed by atoms with E-state index in [0.29, 0.717) is 6.42 Å². The van der Waals surface area contributed by atoms with Gasteiger partial charge < -0.3 is 21.7 Å². The van der Waals surface area contributed by atoms with Gasteiger partial charge >= 0.3 is 0 Å². The molecule has 34 heavy (non-hydrogen) atoms. The molecule has 0 aromatic rings. The summed E-state index contributed by atoms with van der Waals surface area (Å²) in [6.07, 6.45) is 37.4. The minimum atomic E-state index is -0.451. The summed E-state index contributed by atoms with van der Waals surface area (Å²) in [5.74, 6) is 0. The summed E-state index contributed by atoms with van der Waals surface area (Å²) >= 11 is 0. The number of allylic oxidation sites excluding steroid dienone is 11. The lowest BCUT2D eigenvalue weighted by Crippen LogP contribution is -2.31. The van der Waals surface area contributed by atoms with Crippen molar-refractivity contribution in [1.29, 1.82) is 0 Å². The molecule has 0 heterocycles. The molecule has 194 valence electrons. The van der Waals surface area contributed by atoms with E-state index in [9.17, 15) is 10.2 Å². The van der Waals surface area contributed by atoms with Crippen molar-refractivity contribution in [3.05, 3.63) is 72.9 Å². The first kappa shape index (κ1) is 32.3. The highest BCUT2D eigenvalue weighted by Gasteiger charge is 2.08.